The molecule has 13 nitrogen and oxygen atoms in total. The maximum absolute atomic E-state index is 13.2. The highest BCUT2D eigenvalue weighted by Crippen LogP contribution is 2.33. The molecule has 0 aromatic heterocycles. The number of ether oxygens (including phenoxy) is 2. The predicted octanol–water partition coefficient (Wildman–Crippen LogP) is 1.66. The van der Waals surface area contributed by atoms with Crippen LogP contribution in [0.4, 0.5) is 5.69 Å². The summed E-state index contributed by atoms with van der Waals surface area (Å²) in [4.78, 5) is 74.5. The number of likely N-dealkylation sites (tertiary alicyclic amines) is 1. The summed E-state index contributed by atoms with van der Waals surface area (Å²) in [5.41, 5.74) is 6.21. The number of carboxylic acids is 2. The van der Waals surface area contributed by atoms with Crippen LogP contribution in [-0.2, 0) is 24.0 Å². The van der Waals surface area contributed by atoms with E-state index in [0.717, 1.165) is 9.80 Å². The number of amides is 2. The Morgan fingerprint density at radius 1 is 0.930 bits per heavy atom. The predicted molar refractivity (Wildman–Crippen MR) is 149 cm³/mol. The van der Waals surface area contributed by atoms with Crippen molar-refractivity contribution in [3.63, 3.8) is 0 Å². The molecule has 1 aliphatic rings. The van der Waals surface area contributed by atoms with Gasteiger partial charge >= 0.3 is 17.9 Å². The van der Waals surface area contributed by atoms with E-state index in [0.29, 0.717) is 11.3 Å². The molecule has 13 heteroatoms. The molecule has 0 spiro atoms. The van der Waals surface area contributed by atoms with Crippen LogP contribution in [0.1, 0.15) is 28.4 Å². The van der Waals surface area contributed by atoms with Crippen LogP contribution in [-0.4, -0.2) is 76.4 Å². The summed E-state index contributed by atoms with van der Waals surface area (Å²) in [5.74, 6) is -4.25. The minimum Gasteiger partial charge on any atom is -0.494 e. The number of aliphatic carboxylic acids is 2. The first-order chi connectivity index (χ1) is 20.6. The van der Waals surface area contributed by atoms with Crippen molar-refractivity contribution in [2.24, 2.45) is 5.73 Å². The van der Waals surface area contributed by atoms with Crippen molar-refractivity contribution in [3.05, 3.63) is 90.0 Å². The Balaban J connectivity index is 1.44. The van der Waals surface area contributed by atoms with Crippen molar-refractivity contribution in [1.82, 2.24) is 4.90 Å². The minimum atomic E-state index is -1.40. The highest BCUT2D eigenvalue weighted by atomic mass is 16.5. The van der Waals surface area contributed by atoms with Crippen LogP contribution in [0.3, 0.4) is 0 Å². The first kappa shape index (κ1) is 30.4. The molecule has 222 valence electrons. The lowest BCUT2D eigenvalue weighted by Gasteiger charge is -2.46. The van der Waals surface area contributed by atoms with Crippen molar-refractivity contribution in [2.45, 2.75) is 24.5 Å². The minimum absolute atomic E-state index is 0.0207. The lowest BCUT2D eigenvalue weighted by molar-refractivity contribution is -0.159. The van der Waals surface area contributed by atoms with Crippen LogP contribution >= 0.6 is 0 Å². The van der Waals surface area contributed by atoms with E-state index in [9.17, 15) is 33.9 Å². The summed E-state index contributed by atoms with van der Waals surface area (Å²) >= 11 is 0. The highest BCUT2D eigenvalue weighted by Gasteiger charge is 2.48. The van der Waals surface area contributed by atoms with E-state index < -0.39 is 47.8 Å². The molecule has 2 amide bonds. The SMILES string of the molecule is NC(CCOc1ccc(N(C(=O)C=O)C2CN(C(C(=O)O)c3ccc(OC(=O)c4ccccc4)cc3)C2=O)cc1)C(=O)O. The lowest BCUT2D eigenvalue weighted by atomic mass is 9.96. The molecule has 3 atom stereocenters. The summed E-state index contributed by atoms with van der Waals surface area (Å²) in [5, 5.41) is 18.8. The standard InChI is InChI=1S/C30H27N3O10/c31-23(28(37)38)14-15-42-21-12-8-20(9-13-21)33(25(35)17-34)24-16-32(27(24)36)26(29(39)40)18-6-10-22(11-7-18)43-30(41)19-4-2-1-3-5-19/h1-13,17,23-24,26H,14-16,31H2,(H,37,38)(H,39,40). The zero-order valence-electron chi connectivity index (χ0n) is 22.6. The van der Waals surface area contributed by atoms with Gasteiger partial charge in [0.2, 0.25) is 12.2 Å². The average Bonchev–Trinajstić information content (AvgIpc) is 3.01. The number of esters is 1. The molecule has 3 aromatic rings. The summed E-state index contributed by atoms with van der Waals surface area (Å²) in [6.07, 6.45) is 0.114. The number of carbonyl (C=O) groups is 6. The fraction of sp³-hybridized carbons (Fsp3) is 0.200. The molecule has 0 saturated carbocycles. The first-order valence-electron chi connectivity index (χ1n) is 13.0. The maximum atomic E-state index is 13.2. The molecule has 4 N–H and O–H groups in total. The number of aldehydes is 1. The van der Waals surface area contributed by atoms with Gasteiger partial charge in [-0.1, -0.05) is 30.3 Å². The Morgan fingerprint density at radius 3 is 2.12 bits per heavy atom. The van der Waals surface area contributed by atoms with Gasteiger partial charge in [-0.15, -0.1) is 0 Å². The molecule has 3 aromatic carbocycles. The van der Waals surface area contributed by atoms with Gasteiger partial charge in [0.1, 0.15) is 23.6 Å². The Labute approximate surface area is 245 Å². The van der Waals surface area contributed by atoms with Crippen molar-refractivity contribution < 1.29 is 48.5 Å². The second kappa shape index (κ2) is 13.4. The van der Waals surface area contributed by atoms with Crippen LogP contribution in [0.5, 0.6) is 11.5 Å². The monoisotopic (exact) mass is 589 g/mol. The van der Waals surface area contributed by atoms with Gasteiger partial charge in [-0.05, 0) is 54.1 Å². The highest BCUT2D eigenvalue weighted by molar-refractivity contribution is 6.32. The van der Waals surface area contributed by atoms with E-state index in [2.05, 4.69) is 0 Å². The topological polar surface area (TPSA) is 194 Å². The second-order valence-electron chi connectivity index (χ2n) is 9.47. The van der Waals surface area contributed by atoms with Crippen LogP contribution in [0.15, 0.2) is 78.9 Å². The van der Waals surface area contributed by atoms with Gasteiger partial charge < -0.3 is 30.3 Å². The number of benzene rings is 3. The third-order valence-electron chi connectivity index (χ3n) is 6.68. The van der Waals surface area contributed by atoms with E-state index in [1.807, 2.05) is 0 Å². The van der Waals surface area contributed by atoms with Crippen molar-refractivity contribution in [2.75, 3.05) is 18.1 Å². The fourth-order valence-electron chi connectivity index (χ4n) is 4.42. The van der Waals surface area contributed by atoms with E-state index in [1.54, 1.807) is 30.3 Å². The van der Waals surface area contributed by atoms with Gasteiger partial charge in [0, 0.05) is 12.1 Å². The number of carbonyl (C=O) groups excluding carboxylic acids is 4. The van der Waals surface area contributed by atoms with Gasteiger partial charge in [-0.2, -0.15) is 0 Å². The number of hydrogen-bond acceptors (Lipinski definition) is 9. The number of β-lactam (4-membered cyclic amide) rings is 1. The second-order valence-corrected chi connectivity index (χ2v) is 9.47. The van der Waals surface area contributed by atoms with Gasteiger partial charge in [-0.3, -0.25) is 24.1 Å². The maximum Gasteiger partial charge on any atom is 0.343 e. The van der Waals surface area contributed by atoms with Crippen LogP contribution in [0, 0.1) is 0 Å². The van der Waals surface area contributed by atoms with Gasteiger partial charge in [0.05, 0.1) is 18.7 Å². The van der Waals surface area contributed by atoms with Crippen molar-refractivity contribution in [3.8, 4) is 11.5 Å². The summed E-state index contributed by atoms with van der Waals surface area (Å²) in [7, 11) is 0. The fourth-order valence-corrected chi connectivity index (χ4v) is 4.42. The smallest absolute Gasteiger partial charge is 0.343 e. The average molecular weight is 590 g/mol. The molecule has 4 rings (SSSR count). The van der Waals surface area contributed by atoms with Crippen LogP contribution in [0.2, 0.25) is 0 Å². The summed E-state index contributed by atoms with van der Waals surface area (Å²) in [6, 6.07) is 16.2. The molecule has 0 bridgehead atoms. The molecule has 0 radical (unpaired) electrons. The van der Waals surface area contributed by atoms with E-state index in [-0.39, 0.29) is 42.9 Å². The molecule has 1 heterocycles. The van der Waals surface area contributed by atoms with Crippen molar-refractivity contribution in [1.29, 1.82) is 0 Å². The number of nitrogens with two attached hydrogens (primary N) is 1. The van der Waals surface area contributed by atoms with E-state index in [1.165, 1.54) is 48.5 Å². The largest absolute Gasteiger partial charge is 0.494 e. The van der Waals surface area contributed by atoms with Gasteiger partial charge in [0.15, 0.2) is 6.04 Å². The Kier molecular flexibility index (Phi) is 9.47. The molecule has 1 fully saturated rings. The quantitative estimate of drug-likeness (QED) is 0.0863. The molecule has 1 aliphatic heterocycles. The number of carboxylic acid groups (broad SMARTS) is 2. The zero-order valence-corrected chi connectivity index (χ0v) is 22.6. The van der Waals surface area contributed by atoms with E-state index >= 15 is 0 Å². The Hall–Kier alpha value is -5.56. The molecular formula is C30H27N3O10. The molecule has 43 heavy (non-hydrogen) atoms. The summed E-state index contributed by atoms with van der Waals surface area (Å²) < 4.78 is 10.8. The number of hydrogen-bond donors (Lipinski definition) is 3. The van der Waals surface area contributed by atoms with Crippen LogP contribution in [0.25, 0.3) is 0 Å². The lowest BCUT2D eigenvalue weighted by Crippen LogP contribution is -2.67. The first-order valence-corrected chi connectivity index (χ1v) is 13.0. The molecular weight excluding hydrogens is 562 g/mol. The Bertz CT molecular complexity index is 1510. The molecule has 3 unspecified atom stereocenters. The van der Waals surface area contributed by atoms with E-state index in [4.69, 9.17) is 20.3 Å². The normalized spacial score (nSPS) is 15.4. The molecule has 0 aliphatic carbocycles. The van der Waals surface area contributed by atoms with Gasteiger partial charge in [-0.25, -0.2) is 9.59 Å². The third-order valence-corrected chi connectivity index (χ3v) is 6.68. The van der Waals surface area contributed by atoms with Crippen molar-refractivity contribution >= 4 is 41.7 Å². The zero-order chi connectivity index (χ0) is 31.1. The summed E-state index contributed by atoms with van der Waals surface area (Å²) in [6.45, 7) is -0.154. The number of rotatable bonds is 13. The number of nitrogens with zero attached hydrogens (tertiary/aromatic N) is 2. The number of anilines is 1. The van der Waals surface area contributed by atoms with Gasteiger partial charge in [0.25, 0.3) is 5.91 Å². The van der Waals surface area contributed by atoms with Crippen LogP contribution < -0.4 is 20.1 Å². The molecule has 1 saturated heterocycles. The Morgan fingerprint density at radius 2 is 1.56 bits per heavy atom. The third kappa shape index (κ3) is 7.02.